The number of aromatic amines is 1. The van der Waals surface area contributed by atoms with Gasteiger partial charge in [0.2, 0.25) is 5.91 Å². The summed E-state index contributed by atoms with van der Waals surface area (Å²) in [6.07, 6.45) is 3.06. The minimum absolute atomic E-state index is 0.0791. The lowest BCUT2D eigenvalue weighted by atomic mass is 10.0. The second kappa shape index (κ2) is 7.23. The number of amides is 1. The van der Waals surface area contributed by atoms with E-state index in [1.807, 2.05) is 41.4 Å². The maximum atomic E-state index is 12.9. The molecule has 0 radical (unpaired) electrons. The van der Waals surface area contributed by atoms with E-state index in [-0.39, 0.29) is 17.4 Å². The molecule has 1 atom stereocenters. The number of hydrogen-bond donors (Lipinski definition) is 1. The van der Waals surface area contributed by atoms with Crippen molar-refractivity contribution in [2.45, 2.75) is 18.8 Å². The van der Waals surface area contributed by atoms with Gasteiger partial charge in [0.05, 0.1) is 11.8 Å². The molecule has 8 heteroatoms. The molecule has 1 aliphatic heterocycles. The summed E-state index contributed by atoms with van der Waals surface area (Å²) in [7, 11) is 3.08. The standard InChI is InChI=1S/C23H23N5O3/c1-26-21-17(22(30)27(2)23(26)31)7-8-18(25-21)14-9-10-28(13-14)20(29)11-15-12-24-19-6-4-3-5-16(15)19/h3-8,12,14,24H,9-11,13H2,1-2H3. The number of aryl methyl sites for hydroxylation is 1. The van der Waals surface area contributed by atoms with E-state index in [9.17, 15) is 14.4 Å². The number of pyridine rings is 1. The van der Waals surface area contributed by atoms with Crippen molar-refractivity contribution in [2.75, 3.05) is 13.1 Å². The van der Waals surface area contributed by atoms with Crippen molar-refractivity contribution in [1.82, 2.24) is 24.0 Å². The molecule has 0 bridgehead atoms. The summed E-state index contributed by atoms with van der Waals surface area (Å²) in [6.45, 7) is 1.25. The first-order chi connectivity index (χ1) is 14.9. The van der Waals surface area contributed by atoms with Crippen molar-refractivity contribution < 1.29 is 4.79 Å². The molecule has 1 fully saturated rings. The van der Waals surface area contributed by atoms with Crippen molar-refractivity contribution in [1.29, 1.82) is 0 Å². The molecular formula is C23H23N5O3. The summed E-state index contributed by atoms with van der Waals surface area (Å²) < 4.78 is 2.49. The Morgan fingerprint density at radius 3 is 2.74 bits per heavy atom. The van der Waals surface area contributed by atoms with Gasteiger partial charge in [-0.3, -0.25) is 18.7 Å². The van der Waals surface area contributed by atoms with E-state index >= 15 is 0 Å². The molecule has 0 saturated carbocycles. The van der Waals surface area contributed by atoms with Crippen LogP contribution in [0.2, 0.25) is 0 Å². The zero-order valence-corrected chi connectivity index (χ0v) is 17.5. The number of nitrogens with one attached hydrogen (secondary N) is 1. The van der Waals surface area contributed by atoms with Gasteiger partial charge in [0, 0.05) is 55.9 Å². The molecule has 1 N–H and O–H groups in total. The average molecular weight is 417 g/mol. The van der Waals surface area contributed by atoms with Crippen LogP contribution < -0.4 is 11.2 Å². The third-order valence-corrected chi connectivity index (χ3v) is 6.30. The molecule has 0 spiro atoms. The number of nitrogens with zero attached hydrogens (tertiary/aromatic N) is 4. The lowest BCUT2D eigenvalue weighted by Crippen LogP contribution is -2.37. The Kier molecular flexibility index (Phi) is 4.50. The number of hydrogen-bond acceptors (Lipinski definition) is 4. The summed E-state index contributed by atoms with van der Waals surface area (Å²) in [5, 5.41) is 1.49. The van der Waals surface area contributed by atoms with Crippen molar-refractivity contribution in [3.63, 3.8) is 0 Å². The average Bonchev–Trinajstić information content (AvgIpc) is 3.44. The van der Waals surface area contributed by atoms with Gasteiger partial charge >= 0.3 is 5.69 Å². The Balaban J connectivity index is 1.38. The zero-order chi connectivity index (χ0) is 21.7. The Morgan fingerprint density at radius 1 is 1.10 bits per heavy atom. The van der Waals surface area contributed by atoms with Crippen molar-refractivity contribution in [3.05, 3.63) is 74.7 Å². The highest BCUT2D eigenvalue weighted by Crippen LogP contribution is 2.28. The highest BCUT2D eigenvalue weighted by Gasteiger charge is 2.29. The van der Waals surface area contributed by atoms with Gasteiger partial charge in [0.1, 0.15) is 5.65 Å². The van der Waals surface area contributed by atoms with Crippen molar-refractivity contribution in [2.24, 2.45) is 14.1 Å². The van der Waals surface area contributed by atoms with Crippen LogP contribution in [-0.2, 0) is 25.3 Å². The molecule has 4 heterocycles. The quantitative estimate of drug-likeness (QED) is 0.549. The van der Waals surface area contributed by atoms with Crippen LogP contribution in [0.3, 0.4) is 0 Å². The third kappa shape index (κ3) is 3.15. The first-order valence-electron chi connectivity index (χ1n) is 10.3. The molecule has 1 unspecified atom stereocenters. The van der Waals surface area contributed by atoms with Gasteiger partial charge in [-0.15, -0.1) is 0 Å². The first kappa shape index (κ1) is 19.3. The summed E-state index contributed by atoms with van der Waals surface area (Å²) >= 11 is 0. The maximum absolute atomic E-state index is 12.9. The molecule has 8 nitrogen and oxygen atoms in total. The Bertz CT molecular complexity index is 1450. The zero-order valence-electron chi connectivity index (χ0n) is 17.5. The fourth-order valence-electron chi connectivity index (χ4n) is 4.48. The lowest BCUT2D eigenvalue weighted by molar-refractivity contribution is -0.129. The fourth-order valence-corrected chi connectivity index (χ4v) is 4.48. The topological polar surface area (TPSA) is 93.0 Å². The molecule has 3 aromatic heterocycles. The molecular weight excluding hydrogens is 394 g/mol. The SMILES string of the molecule is Cn1c(=O)c2ccc(C3CCN(C(=O)Cc4c[nH]c5ccccc45)C3)nc2n(C)c1=O. The number of fused-ring (bicyclic) bond motifs is 2. The van der Waals surface area contributed by atoms with E-state index in [1.165, 1.54) is 11.6 Å². The van der Waals surface area contributed by atoms with Gasteiger partial charge in [-0.05, 0) is 30.2 Å². The van der Waals surface area contributed by atoms with Crippen LogP contribution in [0.15, 0.2) is 52.2 Å². The molecule has 1 saturated heterocycles. The number of carbonyl (C=O) groups is 1. The summed E-state index contributed by atoms with van der Waals surface area (Å²) in [6, 6.07) is 11.5. The number of rotatable bonds is 3. The van der Waals surface area contributed by atoms with Crippen LogP contribution in [0.1, 0.15) is 23.6 Å². The monoisotopic (exact) mass is 417 g/mol. The highest BCUT2D eigenvalue weighted by molar-refractivity contribution is 5.89. The number of carbonyl (C=O) groups excluding carboxylic acids is 1. The number of likely N-dealkylation sites (tertiary alicyclic amines) is 1. The normalized spacial score (nSPS) is 16.5. The molecule has 31 heavy (non-hydrogen) atoms. The predicted molar refractivity (Wildman–Crippen MR) is 118 cm³/mol. The molecule has 158 valence electrons. The van der Waals surface area contributed by atoms with Crippen molar-refractivity contribution in [3.8, 4) is 0 Å². The van der Waals surface area contributed by atoms with Gasteiger partial charge in [0.25, 0.3) is 5.56 Å². The van der Waals surface area contributed by atoms with E-state index in [0.717, 1.165) is 33.1 Å². The van der Waals surface area contributed by atoms with Crippen LogP contribution in [0.4, 0.5) is 0 Å². The van der Waals surface area contributed by atoms with Gasteiger partial charge in [0.15, 0.2) is 0 Å². The summed E-state index contributed by atoms with van der Waals surface area (Å²) in [5.74, 6) is 0.171. The van der Waals surface area contributed by atoms with Gasteiger partial charge < -0.3 is 9.88 Å². The minimum atomic E-state index is -0.399. The smallest absolute Gasteiger partial charge is 0.332 e. The van der Waals surface area contributed by atoms with Crippen LogP contribution in [0, 0.1) is 0 Å². The van der Waals surface area contributed by atoms with Gasteiger partial charge in [-0.2, -0.15) is 0 Å². The summed E-state index contributed by atoms with van der Waals surface area (Å²) in [4.78, 5) is 47.3. The maximum Gasteiger partial charge on any atom is 0.332 e. The van der Waals surface area contributed by atoms with Crippen LogP contribution in [-0.4, -0.2) is 43.0 Å². The van der Waals surface area contributed by atoms with Gasteiger partial charge in [-0.1, -0.05) is 18.2 Å². The molecule has 4 aromatic rings. The number of para-hydroxylation sites is 1. The number of benzene rings is 1. The molecule has 0 aliphatic carbocycles. The van der Waals surface area contributed by atoms with E-state index in [0.29, 0.717) is 30.5 Å². The molecule has 1 amide bonds. The Hall–Kier alpha value is -3.68. The molecule has 1 aliphatic rings. The largest absolute Gasteiger partial charge is 0.361 e. The van der Waals surface area contributed by atoms with E-state index in [1.54, 1.807) is 13.1 Å². The number of aromatic nitrogens is 4. The van der Waals surface area contributed by atoms with Crippen molar-refractivity contribution >= 4 is 27.8 Å². The number of H-pyrrole nitrogens is 1. The highest BCUT2D eigenvalue weighted by atomic mass is 16.2. The fraction of sp³-hybridized carbons (Fsp3) is 0.304. The summed E-state index contributed by atoms with van der Waals surface area (Å²) in [5.41, 5.74) is 2.47. The predicted octanol–water partition coefficient (Wildman–Crippen LogP) is 1.67. The van der Waals surface area contributed by atoms with Gasteiger partial charge in [-0.25, -0.2) is 9.78 Å². The Labute approximate surface area is 177 Å². The van der Waals surface area contributed by atoms with Crippen LogP contribution >= 0.6 is 0 Å². The lowest BCUT2D eigenvalue weighted by Gasteiger charge is -2.17. The van der Waals surface area contributed by atoms with E-state index in [4.69, 9.17) is 0 Å². The first-order valence-corrected chi connectivity index (χ1v) is 10.3. The van der Waals surface area contributed by atoms with Crippen LogP contribution in [0.5, 0.6) is 0 Å². The van der Waals surface area contributed by atoms with E-state index < -0.39 is 5.69 Å². The second-order valence-corrected chi connectivity index (χ2v) is 8.17. The Morgan fingerprint density at radius 2 is 1.90 bits per heavy atom. The van der Waals surface area contributed by atoms with Crippen LogP contribution in [0.25, 0.3) is 21.9 Å². The molecule has 5 rings (SSSR count). The second-order valence-electron chi connectivity index (χ2n) is 8.17. The van der Waals surface area contributed by atoms with E-state index in [2.05, 4.69) is 9.97 Å². The third-order valence-electron chi connectivity index (χ3n) is 6.30. The minimum Gasteiger partial charge on any atom is -0.361 e. The molecule has 1 aromatic carbocycles.